The van der Waals surface area contributed by atoms with Crippen molar-refractivity contribution in [1.29, 1.82) is 0 Å². The van der Waals surface area contributed by atoms with Gasteiger partial charge in [-0.1, -0.05) is 43.5 Å². The Hall–Kier alpha value is -2.71. The first-order valence-electron chi connectivity index (χ1n) is 7.97. The number of aromatic nitrogens is 3. The summed E-state index contributed by atoms with van der Waals surface area (Å²) in [6.07, 6.45) is 8.99. The van der Waals surface area contributed by atoms with Crippen LogP contribution >= 0.6 is 11.8 Å². The van der Waals surface area contributed by atoms with Crippen LogP contribution in [0.15, 0.2) is 36.2 Å². The smallest absolute Gasteiger partial charge is 0.290 e. The summed E-state index contributed by atoms with van der Waals surface area (Å²) in [7, 11) is 0. The highest BCUT2D eigenvalue weighted by atomic mass is 32.2. The lowest BCUT2D eigenvalue weighted by molar-refractivity contribution is -0.122. The van der Waals surface area contributed by atoms with E-state index in [0.717, 1.165) is 39.2 Å². The van der Waals surface area contributed by atoms with E-state index in [1.807, 2.05) is 23.6 Å². The van der Waals surface area contributed by atoms with Gasteiger partial charge in [0.25, 0.3) is 6.47 Å². The zero-order valence-electron chi connectivity index (χ0n) is 15.0. The maximum Gasteiger partial charge on any atom is 0.290 e. The SMILES string of the molecule is C=C/C=C\c1cc(-c2nc(SCC)n(/C=C\N)c2CN)[nH]c1C.O=CO. The molecule has 0 unspecified atom stereocenters. The predicted molar refractivity (Wildman–Crippen MR) is 108 cm³/mol. The molecule has 0 atom stereocenters. The third-order valence-corrected chi connectivity index (χ3v) is 4.24. The van der Waals surface area contributed by atoms with Crippen molar-refractivity contribution in [2.75, 3.05) is 5.75 Å². The van der Waals surface area contributed by atoms with Crippen LogP contribution in [-0.2, 0) is 11.3 Å². The molecule has 0 bridgehead atoms. The zero-order valence-corrected chi connectivity index (χ0v) is 15.8. The first kappa shape index (κ1) is 21.3. The normalized spacial score (nSPS) is 10.9. The number of aromatic amines is 1. The summed E-state index contributed by atoms with van der Waals surface area (Å²) < 4.78 is 1.96. The molecule has 0 aromatic carbocycles. The average molecular weight is 375 g/mol. The molecular formula is C18H25N5O2S. The van der Waals surface area contributed by atoms with Gasteiger partial charge in [-0.3, -0.25) is 9.36 Å². The number of carbonyl (C=O) groups is 1. The molecule has 7 nitrogen and oxygen atoms in total. The van der Waals surface area contributed by atoms with E-state index in [2.05, 4.69) is 24.6 Å². The number of imidazole rings is 1. The number of hydrogen-bond donors (Lipinski definition) is 4. The molecule has 8 heteroatoms. The van der Waals surface area contributed by atoms with E-state index in [1.165, 1.54) is 6.20 Å². The molecule has 0 saturated carbocycles. The third-order valence-electron chi connectivity index (χ3n) is 3.40. The largest absolute Gasteiger partial charge is 0.483 e. The molecule has 0 aliphatic carbocycles. The van der Waals surface area contributed by atoms with Gasteiger partial charge in [-0.15, -0.1) is 0 Å². The van der Waals surface area contributed by atoms with Gasteiger partial charge in [0, 0.05) is 24.6 Å². The van der Waals surface area contributed by atoms with Gasteiger partial charge >= 0.3 is 0 Å². The summed E-state index contributed by atoms with van der Waals surface area (Å²) in [6, 6.07) is 2.08. The van der Waals surface area contributed by atoms with E-state index in [-0.39, 0.29) is 6.47 Å². The molecule has 2 rings (SSSR count). The number of thioether (sulfide) groups is 1. The Morgan fingerprint density at radius 2 is 2.19 bits per heavy atom. The molecule has 6 N–H and O–H groups in total. The molecule has 2 aromatic rings. The van der Waals surface area contributed by atoms with Crippen molar-refractivity contribution in [1.82, 2.24) is 14.5 Å². The van der Waals surface area contributed by atoms with Gasteiger partial charge in [0.15, 0.2) is 5.16 Å². The van der Waals surface area contributed by atoms with Crippen LogP contribution in [0.4, 0.5) is 0 Å². The topological polar surface area (TPSA) is 123 Å². The summed E-state index contributed by atoms with van der Waals surface area (Å²) in [6.45, 7) is 7.96. The third kappa shape index (κ3) is 5.14. The molecule has 0 radical (unpaired) electrons. The number of allylic oxidation sites excluding steroid dienone is 2. The Morgan fingerprint density at radius 3 is 2.73 bits per heavy atom. The van der Waals surface area contributed by atoms with Crippen molar-refractivity contribution in [3.8, 4) is 11.4 Å². The Labute approximate surface area is 157 Å². The van der Waals surface area contributed by atoms with Crippen LogP contribution in [0, 0.1) is 6.92 Å². The van der Waals surface area contributed by atoms with Crippen LogP contribution in [0.25, 0.3) is 23.7 Å². The van der Waals surface area contributed by atoms with E-state index in [4.69, 9.17) is 26.4 Å². The minimum absolute atomic E-state index is 0.250. The summed E-state index contributed by atoms with van der Waals surface area (Å²) >= 11 is 1.66. The quantitative estimate of drug-likeness (QED) is 0.335. The molecular weight excluding hydrogens is 350 g/mol. The van der Waals surface area contributed by atoms with Crippen molar-refractivity contribution in [3.63, 3.8) is 0 Å². The molecule has 26 heavy (non-hydrogen) atoms. The molecule has 0 aliphatic rings. The fourth-order valence-corrected chi connectivity index (χ4v) is 3.10. The second-order valence-corrected chi connectivity index (χ2v) is 6.23. The second-order valence-electron chi connectivity index (χ2n) is 5.00. The van der Waals surface area contributed by atoms with Gasteiger partial charge in [0.2, 0.25) is 0 Å². The van der Waals surface area contributed by atoms with E-state index in [9.17, 15) is 0 Å². The van der Waals surface area contributed by atoms with Crippen LogP contribution in [0.5, 0.6) is 0 Å². The molecule has 0 aliphatic heterocycles. The Morgan fingerprint density at radius 1 is 1.50 bits per heavy atom. The average Bonchev–Trinajstić information content (AvgIpc) is 3.15. The maximum atomic E-state index is 8.36. The van der Waals surface area contributed by atoms with E-state index in [0.29, 0.717) is 6.54 Å². The van der Waals surface area contributed by atoms with Crippen molar-refractivity contribution in [2.24, 2.45) is 11.5 Å². The molecule has 0 amide bonds. The molecule has 2 heterocycles. The minimum atomic E-state index is -0.250. The second kappa shape index (κ2) is 11.0. The molecule has 0 fully saturated rings. The fourth-order valence-electron chi connectivity index (χ4n) is 2.37. The Balaban J connectivity index is 0.00000105. The summed E-state index contributed by atoms with van der Waals surface area (Å²) in [5.41, 5.74) is 16.5. The molecule has 0 saturated heterocycles. The minimum Gasteiger partial charge on any atom is -0.483 e. The molecule has 140 valence electrons. The lowest BCUT2D eigenvalue weighted by Crippen LogP contribution is -2.05. The summed E-state index contributed by atoms with van der Waals surface area (Å²) in [5, 5.41) is 7.78. The molecule has 0 spiro atoms. The van der Waals surface area contributed by atoms with E-state index in [1.54, 1.807) is 24.0 Å². The number of rotatable bonds is 7. The van der Waals surface area contributed by atoms with Gasteiger partial charge in [-0.2, -0.15) is 0 Å². The number of nitrogens with two attached hydrogens (primary N) is 2. The highest BCUT2D eigenvalue weighted by molar-refractivity contribution is 7.99. The van der Waals surface area contributed by atoms with Crippen LogP contribution < -0.4 is 11.5 Å². The standard InChI is InChI=1S/C17H23N5S.CH2O2/c1-4-6-7-13-10-14(20-12(13)3)16-15(11-19)22(9-8-18)17(21-16)23-5-2;2-1-3/h4,6-10,20H,1,5,11,18-19H2,2-3H3;1H,(H,2,3)/b7-6-,9-8-;. The van der Waals surface area contributed by atoms with Crippen LogP contribution in [0.1, 0.15) is 23.9 Å². The highest BCUT2D eigenvalue weighted by Gasteiger charge is 2.18. The van der Waals surface area contributed by atoms with Gasteiger partial charge in [0.1, 0.15) is 5.69 Å². The zero-order chi connectivity index (χ0) is 19.5. The number of aryl methyl sites for hydroxylation is 1. The molecule has 2 aromatic heterocycles. The van der Waals surface area contributed by atoms with Gasteiger partial charge in [0.05, 0.1) is 11.4 Å². The maximum absolute atomic E-state index is 8.36. The number of H-pyrrole nitrogens is 1. The van der Waals surface area contributed by atoms with Crippen molar-refractivity contribution >= 4 is 30.5 Å². The lowest BCUT2D eigenvalue weighted by Gasteiger charge is -2.04. The summed E-state index contributed by atoms with van der Waals surface area (Å²) in [4.78, 5) is 16.5. The lowest BCUT2D eigenvalue weighted by atomic mass is 10.2. The number of hydrogen-bond acceptors (Lipinski definition) is 5. The predicted octanol–water partition coefficient (Wildman–Crippen LogP) is 3.04. The van der Waals surface area contributed by atoms with E-state index < -0.39 is 0 Å². The number of nitrogens with zero attached hydrogens (tertiary/aromatic N) is 2. The van der Waals surface area contributed by atoms with E-state index >= 15 is 0 Å². The Kier molecular flexibility index (Phi) is 9.04. The first-order chi connectivity index (χ1) is 12.6. The monoisotopic (exact) mass is 375 g/mol. The van der Waals surface area contributed by atoms with Crippen LogP contribution in [0.3, 0.4) is 0 Å². The van der Waals surface area contributed by atoms with Crippen LogP contribution in [0.2, 0.25) is 0 Å². The van der Waals surface area contributed by atoms with Crippen LogP contribution in [-0.4, -0.2) is 31.9 Å². The fraction of sp³-hybridized carbons (Fsp3) is 0.222. The van der Waals surface area contributed by atoms with Crippen molar-refractivity contribution in [2.45, 2.75) is 25.5 Å². The highest BCUT2D eigenvalue weighted by Crippen LogP contribution is 2.30. The van der Waals surface area contributed by atoms with Gasteiger partial charge in [-0.05, 0) is 24.3 Å². The van der Waals surface area contributed by atoms with Crippen molar-refractivity contribution < 1.29 is 9.90 Å². The Bertz CT molecular complexity index is 790. The van der Waals surface area contributed by atoms with Gasteiger partial charge in [-0.25, -0.2) is 4.98 Å². The van der Waals surface area contributed by atoms with Gasteiger partial charge < -0.3 is 21.6 Å². The van der Waals surface area contributed by atoms with Crippen molar-refractivity contribution in [3.05, 3.63) is 47.9 Å². The number of nitrogens with one attached hydrogen (secondary N) is 1. The first-order valence-corrected chi connectivity index (χ1v) is 8.95. The summed E-state index contributed by atoms with van der Waals surface area (Å²) in [5.74, 6) is 0.927. The number of carboxylic acid groups (broad SMARTS) is 1.